The van der Waals surface area contributed by atoms with Crippen LogP contribution in [0, 0.1) is 5.92 Å². The lowest BCUT2D eigenvalue weighted by atomic mass is 10.2. The van der Waals surface area contributed by atoms with Crippen LogP contribution in [0.3, 0.4) is 0 Å². The molecule has 0 aliphatic heterocycles. The summed E-state index contributed by atoms with van der Waals surface area (Å²) in [5.41, 5.74) is 6.65. The summed E-state index contributed by atoms with van der Waals surface area (Å²) in [6.07, 6.45) is 0. The topological polar surface area (TPSA) is 93.4 Å². The Balaban J connectivity index is 1.96. The van der Waals surface area contributed by atoms with Crippen molar-refractivity contribution in [2.24, 2.45) is 11.7 Å². The molecule has 27 heavy (non-hydrogen) atoms. The molecule has 0 unspecified atom stereocenters. The van der Waals surface area contributed by atoms with Crippen molar-refractivity contribution >= 4 is 50.8 Å². The summed E-state index contributed by atoms with van der Waals surface area (Å²) >= 11 is 8.57. The van der Waals surface area contributed by atoms with E-state index >= 15 is 0 Å². The average Bonchev–Trinajstić information content (AvgIpc) is 2.60. The Kier molecular flexibility index (Phi) is 7.32. The molecule has 0 aromatic heterocycles. The number of benzene rings is 2. The number of anilines is 1. The van der Waals surface area contributed by atoms with Crippen LogP contribution < -0.4 is 21.1 Å². The van der Waals surface area contributed by atoms with Crippen LogP contribution in [-0.4, -0.2) is 23.5 Å². The van der Waals surface area contributed by atoms with E-state index in [9.17, 15) is 9.59 Å². The first-order valence-corrected chi connectivity index (χ1v) is 9.41. The molecule has 0 aliphatic carbocycles. The molecule has 8 heteroatoms. The number of nitrogens with two attached hydrogens (primary N) is 1. The summed E-state index contributed by atoms with van der Waals surface area (Å²) in [7, 11) is 0. The van der Waals surface area contributed by atoms with E-state index in [0.717, 1.165) is 0 Å². The van der Waals surface area contributed by atoms with Crippen LogP contribution in [0.4, 0.5) is 5.69 Å². The standard InChI is InChI=1S/C19H20BrN3O3S/c1-11(2)10-26-16-8-5-13(9-15(16)20)18(25)23-19(27)22-14-6-3-12(4-7-14)17(21)24/h3-9,11H,10H2,1-2H3,(H2,21,24)(H2,22,23,25,27). The maximum absolute atomic E-state index is 12.4. The van der Waals surface area contributed by atoms with E-state index in [1.807, 2.05) is 0 Å². The van der Waals surface area contributed by atoms with Gasteiger partial charge in [-0.1, -0.05) is 13.8 Å². The summed E-state index contributed by atoms with van der Waals surface area (Å²) in [4.78, 5) is 23.4. The van der Waals surface area contributed by atoms with Gasteiger partial charge in [0.25, 0.3) is 5.91 Å². The molecule has 2 aromatic carbocycles. The first-order valence-electron chi connectivity index (χ1n) is 8.21. The molecule has 2 amide bonds. The monoisotopic (exact) mass is 449 g/mol. The second-order valence-electron chi connectivity index (χ2n) is 6.20. The lowest BCUT2D eigenvalue weighted by molar-refractivity contribution is 0.0975. The predicted octanol–water partition coefficient (Wildman–Crippen LogP) is 3.71. The normalized spacial score (nSPS) is 10.4. The Morgan fingerprint density at radius 2 is 1.78 bits per heavy atom. The predicted molar refractivity (Wildman–Crippen MR) is 113 cm³/mol. The number of primary amides is 1. The number of hydrogen-bond acceptors (Lipinski definition) is 4. The Labute approximate surface area is 171 Å². The summed E-state index contributed by atoms with van der Waals surface area (Å²) in [6, 6.07) is 11.5. The van der Waals surface area contributed by atoms with Crippen molar-refractivity contribution in [1.29, 1.82) is 0 Å². The lowest BCUT2D eigenvalue weighted by Crippen LogP contribution is -2.34. The number of carbonyl (C=O) groups is 2. The molecule has 2 aromatic rings. The first-order chi connectivity index (χ1) is 12.8. The fourth-order valence-electron chi connectivity index (χ4n) is 2.07. The fraction of sp³-hybridized carbons (Fsp3) is 0.211. The molecule has 0 radical (unpaired) electrons. The minimum Gasteiger partial charge on any atom is -0.492 e. The molecular formula is C19H20BrN3O3S. The van der Waals surface area contributed by atoms with Gasteiger partial charge >= 0.3 is 0 Å². The minimum atomic E-state index is -0.510. The SMILES string of the molecule is CC(C)COc1ccc(C(=O)NC(=S)Nc2ccc(C(N)=O)cc2)cc1Br. The number of nitrogens with one attached hydrogen (secondary N) is 2. The van der Waals surface area contributed by atoms with Gasteiger partial charge in [0.05, 0.1) is 11.1 Å². The minimum absolute atomic E-state index is 0.142. The third-order valence-electron chi connectivity index (χ3n) is 3.42. The number of thiocarbonyl (C=S) groups is 1. The summed E-state index contributed by atoms with van der Waals surface area (Å²) in [6.45, 7) is 4.71. The zero-order chi connectivity index (χ0) is 20.0. The molecule has 0 spiro atoms. The van der Waals surface area contributed by atoms with E-state index in [1.54, 1.807) is 42.5 Å². The van der Waals surface area contributed by atoms with Gasteiger partial charge in [0, 0.05) is 16.8 Å². The van der Waals surface area contributed by atoms with Crippen molar-refractivity contribution in [3.05, 3.63) is 58.1 Å². The summed E-state index contributed by atoms with van der Waals surface area (Å²) < 4.78 is 6.36. The molecule has 0 heterocycles. The highest BCUT2D eigenvalue weighted by Gasteiger charge is 2.11. The van der Waals surface area contributed by atoms with Gasteiger partial charge < -0.3 is 15.8 Å². The van der Waals surface area contributed by atoms with Crippen LogP contribution in [0.2, 0.25) is 0 Å². The molecule has 0 fully saturated rings. The molecule has 2 rings (SSSR count). The zero-order valence-corrected chi connectivity index (χ0v) is 17.3. The third-order valence-corrected chi connectivity index (χ3v) is 4.24. The molecule has 0 bridgehead atoms. The van der Waals surface area contributed by atoms with Gasteiger partial charge in [-0.15, -0.1) is 0 Å². The van der Waals surface area contributed by atoms with Gasteiger partial charge in [0.2, 0.25) is 5.91 Å². The van der Waals surface area contributed by atoms with Gasteiger partial charge in [-0.25, -0.2) is 0 Å². The second-order valence-corrected chi connectivity index (χ2v) is 7.46. The molecule has 0 atom stereocenters. The second kappa shape index (κ2) is 9.48. The van der Waals surface area contributed by atoms with Gasteiger partial charge in [-0.2, -0.15) is 0 Å². The van der Waals surface area contributed by atoms with E-state index < -0.39 is 5.91 Å². The molecule has 0 aliphatic rings. The maximum Gasteiger partial charge on any atom is 0.257 e. The van der Waals surface area contributed by atoms with E-state index in [-0.39, 0.29) is 11.0 Å². The van der Waals surface area contributed by atoms with Crippen molar-refractivity contribution < 1.29 is 14.3 Å². The van der Waals surface area contributed by atoms with Gasteiger partial charge in [0.15, 0.2) is 5.11 Å². The van der Waals surface area contributed by atoms with Crippen molar-refractivity contribution in [2.45, 2.75) is 13.8 Å². The molecule has 0 saturated heterocycles. The van der Waals surface area contributed by atoms with Crippen LogP contribution in [-0.2, 0) is 0 Å². The summed E-state index contributed by atoms with van der Waals surface area (Å²) in [5.74, 6) is 0.219. The number of hydrogen-bond donors (Lipinski definition) is 3. The van der Waals surface area contributed by atoms with Crippen LogP contribution >= 0.6 is 28.1 Å². The van der Waals surface area contributed by atoms with E-state index in [2.05, 4.69) is 40.4 Å². The Hall–Kier alpha value is -2.45. The Morgan fingerprint density at radius 3 is 2.33 bits per heavy atom. The highest BCUT2D eigenvalue weighted by Crippen LogP contribution is 2.26. The Bertz CT molecular complexity index is 854. The largest absolute Gasteiger partial charge is 0.492 e. The molecular weight excluding hydrogens is 430 g/mol. The van der Waals surface area contributed by atoms with Crippen LogP contribution in [0.25, 0.3) is 0 Å². The highest BCUT2D eigenvalue weighted by atomic mass is 79.9. The fourth-order valence-corrected chi connectivity index (χ4v) is 2.77. The molecule has 6 nitrogen and oxygen atoms in total. The van der Waals surface area contributed by atoms with E-state index in [0.29, 0.717) is 39.6 Å². The van der Waals surface area contributed by atoms with Crippen LogP contribution in [0.1, 0.15) is 34.6 Å². The summed E-state index contributed by atoms with van der Waals surface area (Å²) in [5, 5.41) is 5.63. The number of ether oxygens (including phenoxy) is 1. The molecule has 142 valence electrons. The smallest absolute Gasteiger partial charge is 0.257 e. The average molecular weight is 450 g/mol. The maximum atomic E-state index is 12.4. The first kappa shape index (κ1) is 20.9. The van der Waals surface area contributed by atoms with Gasteiger partial charge in [-0.05, 0) is 76.5 Å². The van der Waals surface area contributed by atoms with Crippen LogP contribution in [0.5, 0.6) is 5.75 Å². The van der Waals surface area contributed by atoms with E-state index in [4.69, 9.17) is 22.7 Å². The number of amides is 2. The number of carbonyl (C=O) groups excluding carboxylic acids is 2. The number of rotatable bonds is 6. The lowest BCUT2D eigenvalue weighted by Gasteiger charge is -2.12. The van der Waals surface area contributed by atoms with Crippen LogP contribution in [0.15, 0.2) is 46.9 Å². The van der Waals surface area contributed by atoms with Gasteiger partial charge in [0.1, 0.15) is 5.75 Å². The zero-order valence-electron chi connectivity index (χ0n) is 14.9. The Morgan fingerprint density at radius 1 is 1.15 bits per heavy atom. The van der Waals surface area contributed by atoms with Crippen molar-refractivity contribution in [2.75, 3.05) is 11.9 Å². The molecule has 4 N–H and O–H groups in total. The number of halogens is 1. The highest BCUT2D eigenvalue weighted by molar-refractivity contribution is 9.10. The van der Waals surface area contributed by atoms with Crippen molar-refractivity contribution in [1.82, 2.24) is 5.32 Å². The van der Waals surface area contributed by atoms with Crippen molar-refractivity contribution in [3.8, 4) is 5.75 Å². The van der Waals surface area contributed by atoms with Crippen molar-refractivity contribution in [3.63, 3.8) is 0 Å². The van der Waals surface area contributed by atoms with E-state index in [1.165, 1.54) is 0 Å². The quantitative estimate of drug-likeness (QED) is 0.584. The van der Waals surface area contributed by atoms with Gasteiger partial charge in [-0.3, -0.25) is 14.9 Å². The molecule has 0 saturated carbocycles. The third kappa shape index (κ3) is 6.33.